The Morgan fingerprint density at radius 3 is 2.59 bits per heavy atom. The standard InChI is InChI=1S/C15H17Br2NO4/c1-8-13(15(20)21-2)10(16)5-11(17)14(8)18-12(19)7-22-6-9-3-4-9/h5,9H,3-4,6-7H2,1-2H3,(H,18,19). The summed E-state index contributed by atoms with van der Waals surface area (Å²) in [5, 5.41) is 2.78. The van der Waals surface area contributed by atoms with Gasteiger partial charge < -0.3 is 14.8 Å². The van der Waals surface area contributed by atoms with Crippen molar-refractivity contribution in [2.24, 2.45) is 5.92 Å². The number of methoxy groups -OCH3 is 1. The Kier molecular flexibility index (Phi) is 6.00. The first-order chi connectivity index (χ1) is 10.4. The van der Waals surface area contributed by atoms with Crippen LogP contribution in [0, 0.1) is 12.8 Å². The molecule has 1 fully saturated rings. The van der Waals surface area contributed by atoms with Crippen LogP contribution < -0.4 is 5.32 Å². The topological polar surface area (TPSA) is 64.6 Å². The summed E-state index contributed by atoms with van der Waals surface area (Å²) in [7, 11) is 1.32. The maximum atomic E-state index is 12.0. The van der Waals surface area contributed by atoms with Gasteiger partial charge >= 0.3 is 5.97 Å². The molecule has 1 aromatic carbocycles. The number of hydrogen-bond acceptors (Lipinski definition) is 4. The van der Waals surface area contributed by atoms with Gasteiger partial charge in [0.2, 0.25) is 5.91 Å². The quantitative estimate of drug-likeness (QED) is 0.693. The summed E-state index contributed by atoms with van der Waals surface area (Å²) >= 11 is 6.73. The van der Waals surface area contributed by atoms with E-state index >= 15 is 0 Å². The van der Waals surface area contributed by atoms with Gasteiger partial charge in [-0.15, -0.1) is 0 Å². The van der Waals surface area contributed by atoms with Gasteiger partial charge in [-0.25, -0.2) is 4.79 Å². The van der Waals surface area contributed by atoms with Crippen LogP contribution in [0.15, 0.2) is 15.0 Å². The van der Waals surface area contributed by atoms with Crippen LogP contribution in [-0.2, 0) is 14.3 Å². The molecular weight excluding hydrogens is 418 g/mol. The zero-order valence-electron chi connectivity index (χ0n) is 12.4. The Morgan fingerprint density at radius 1 is 1.32 bits per heavy atom. The smallest absolute Gasteiger partial charge is 0.339 e. The van der Waals surface area contributed by atoms with E-state index in [4.69, 9.17) is 9.47 Å². The Hall–Kier alpha value is -0.920. The molecule has 0 radical (unpaired) electrons. The molecule has 1 saturated carbocycles. The molecule has 0 bridgehead atoms. The largest absolute Gasteiger partial charge is 0.465 e. The first-order valence-corrected chi connectivity index (χ1v) is 8.47. The summed E-state index contributed by atoms with van der Waals surface area (Å²) in [5.41, 5.74) is 1.56. The minimum atomic E-state index is -0.461. The van der Waals surface area contributed by atoms with Crippen molar-refractivity contribution >= 4 is 49.4 Å². The molecule has 0 spiro atoms. The van der Waals surface area contributed by atoms with E-state index in [1.807, 2.05) is 0 Å². The lowest BCUT2D eigenvalue weighted by molar-refractivity contribution is -0.120. The lowest BCUT2D eigenvalue weighted by Gasteiger charge is -2.15. The first-order valence-electron chi connectivity index (χ1n) is 6.88. The minimum Gasteiger partial charge on any atom is -0.465 e. The van der Waals surface area contributed by atoms with Crippen molar-refractivity contribution in [3.05, 3.63) is 26.1 Å². The molecule has 0 heterocycles. The fourth-order valence-electron chi connectivity index (χ4n) is 2.02. The third kappa shape index (κ3) is 4.30. The molecule has 7 heteroatoms. The summed E-state index contributed by atoms with van der Waals surface area (Å²) < 4.78 is 11.4. The van der Waals surface area contributed by atoms with Gasteiger partial charge in [-0.2, -0.15) is 0 Å². The number of ether oxygens (including phenoxy) is 2. The van der Waals surface area contributed by atoms with Gasteiger partial charge in [0.15, 0.2) is 0 Å². The summed E-state index contributed by atoms with van der Waals surface area (Å²) in [6.07, 6.45) is 2.36. The monoisotopic (exact) mass is 433 g/mol. The van der Waals surface area contributed by atoms with Crippen LogP contribution in [0.4, 0.5) is 5.69 Å². The predicted molar refractivity (Wildman–Crippen MR) is 90.1 cm³/mol. The molecule has 0 unspecified atom stereocenters. The number of hydrogen-bond donors (Lipinski definition) is 1. The number of halogens is 2. The molecule has 0 aliphatic heterocycles. The highest BCUT2D eigenvalue weighted by atomic mass is 79.9. The van der Waals surface area contributed by atoms with E-state index in [0.29, 0.717) is 38.3 Å². The van der Waals surface area contributed by atoms with Crippen molar-refractivity contribution in [1.29, 1.82) is 0 Å². The molecule has 22 heavy (non-hydrogen) atoms. The number of carbonyl (C=O) groups excluding carboxylic acids is 2. The fourth-order valence-corrected chi connectivity index (χ4v) is 3.64. The van der Waals surface area contributed by atoms with E-state index in [-0.39, 0.29) is 12.5 Å². The molecule has 0 saturated heterocycles. The van der Waals surface area contributed by atoms with E-state index in [9.17, 15) is 9.59 Å². The Morgan fingerprint density at radius 2 is 2.00 bits per heavy atom. The van der Waals surface area contributed by atoms with Crippen molar-refractivity contribution in [2.75, 3.05) is 25.6 Å². The lowest BCUT2D eigenvalue weighted by Crippen LogP contribution is -2.20. The Bertz CT molecular complexity index is 600. The van der Waals surface area contributed by atoms with E-state index in [0.717, 1.165) is 0 Å². The molecule has 0 aromatic heterocycles. The average molecular weight is 435 g/mol. The number of amides is 1. The number of rotatable bonds is 6. The first kappa shape index (κ1) is 17.4. The van der Waals surface area contributed by atoms with Crippen LogP contribution in [0.3, 0.4) is 0 Å². The highest BCUT2D eigenvalue weighted by Crippen LogP contribution is 2.35. The second kappa shape index (κ2) is 7.57. The third-order valence-electron chi connectivity index (χ3n) is 3.42. The summed E-state index contributed by atoms with van der Waals surface area (Å²) in [6.45, 7) is 2.38. The zero-order chi connectivity index (χ0) is 16.3. The van der Waals surface area contributed by atoms with Crippen LogP contribution in [0.2, 0.25) is 0 Å². The number of carbonyl (C=O) groups is 2. The summed E-state index contributed by atoms with van der Waals surface area (Å²) in [5.74, 6) is -0.0974. The van der Waals surface area contributed by atoms with Crippen molar-refractivity contribution in [3.63, 3.8) is 0 Å². The van der Waals surface area contributed by atoms with E-state index < -0.39 is 5.97 Å². The van der Waals surface area contributed by atoms with Crippen LogP contribution in [0.25, 0.3) is 0 Å². The summed E-state index contributed by atoms with van der Waals surface area (Å²) in [4.78, 5) is 23.8. The van der Waals surface area contributed by atoms with E-state index in [1.54, 1.807) is 13.0 Å². The molecule has 1 aliphatic carbocycles. The number of nitrogens with one attached hydrogen (secondary N) is 1. The molecular formula is C15H17Br2NO4. The van der Waals surface area contributed by atoms with Crippen LogP contribution in [0.1, 0.15) is 28.8 Å². The summed E-state index contributed by atoms with van der Waals surface area (Å²) in [6, 6.07) is 1.71. The number of benzene rings is 1. The highest BCUT2D eigenvalue weighted by molar-refractivity contribution is 9.11. The second-order valence-corrected chi connectivity index (χ2v) is 6.92. The fraction of sp³-hybridized carbons (Fsp3) is 0.467. The predicted octanol–water partition coefficient (Wildman–Crippen LogP) is 3.67. The minimum absolute atomic E-state index is 0.00595. The number of esters is 1. The Labute approximate surface area is 146 Å². The highest BCUT2D eigenvalue weighted by Gasteiger charge is 2.23. The lowest BCUT2D eigenvalue weighted by atomic mass is 10.1. The van der Waals surface area contributed by atoms with Gasteiger partial charge in [-0.3, -0.25) is 4.79 Å². The van der Waals surface area contributed by atoms with E-state index in [2.05, 4.69) is 37.2 Å². The Balaban J connectivity index is 2.11. The molecule has 5 nitrogen and oxygen atoms in total. The molecule has 1 N–H and O–H groups in total. The van der Waals surface area contributed by atoms with Crippen molar-refractivity contribution in [3.8, 4) is 0 Å². The van der Waals surface area contributed by atoms with Crippen molar-refractivity contribution < 1.29 is 19.1 Å². The molecule has 1 aromatic rings. The number of anilines is 1. The van der Waals surface area contributed by atoms with Gasteiger partial charge in [0.25, 0.3) is 0 Å². The molecule has 1 aliphatic rings. The normalized spacial score (nSPS) is 13.8. The molecule has 1 amide bonds. The maximum absolute atomic E-state index is 12.0. The molecule has 120 valence electrons. The second-order valence-electron chi connectivity index (χ2n) is 5.21. The van der Waals surface area contributed by atoms with Crippen LogP contribution in [0.5, 0.6) is 0 Å². The van der Waals surface area contributed by atoms with Gasteiger partial charge in [0, 0.05) is 8.95 Å². The third-order valence-corrected chi connectivity index (χ3v) is 4.67. The van der Waals surface area contributed by atoms with Crippen LogP contribution in [-0.4, -0.2) is 32.2 Å². The SMILES string of the molecule is COC(=O)c1c(Br)cc(Br)c(NC(=O)COCC2CC2)c1C. The van der Waals surface area contributed by atoms with Gasteiger partial charge in [-0.1, -0.05) is 0 Å². The average Bonchev–Trinajstić information content (AvgIpc) is 3.27. The van der Waals surface area contributed by atoms with E-state index in [1.165, 1.54) is 20.0 Å². The van der Waals surface area contributed by atoms with Gasteiger partial charge in [0.05, 0.1) is 25.0 Å². The van der Waals surface area contributed by atoms with Gasteiger partial charge in [-0.05, 0) is 69.2 Å². The van der Waals surface area contributed by atoms with Crippen LogP contribution >= 0.6 is 31.9 Å². The van der Waals surface area contributed by atoms with Crippen molar-refractivity contribution in [2.45, 2.75) is 19.8 Å². The zero-order valence-corrected chi connectivity index (χ0v) is 15.5. The van der Waals surface area contributed by atoms with Crippen molar-refractivity contribution in [1.82, 2.24) is 0 Å². The van der Waals surface area contributed by atoms with Gasteiger partial charge in [0.1, 0.15) is 6.61 Å². The molecule has 2 rings (SSSR count). The molecule has 0 atom stereocenters. The maximum Gasteiger partial charge on any atom is 0.339 e.